The van der Waals surface area contributed by atoms with Gasteiger partial charge in [0.1, 0.15) is 0 Å². The summed E-state index contributed by atoms with van der Waals surface area (Å²) in [5.41, 5.74) is 5.16. The van der Waals surface area contributed by atoms with Gasteiger partial charge in [0.25, 0.3) is 5.91 Å². The first-order chi connectivity index (χ1) is 11.6. The van der Waals surface area contributed by atoms with E-state index >= 15 is 0 Å². The van der Waals surface area contributed by atoms with Crippen LogP contribution in [0.1, 0.15) is 32.6 Å². The number of hydrogen-bond donors (Lipinski definition) is 1. The summed E-state index contributed by atoms with van der Waals surface area (Å²) in [7, 11) is 0. The molecule has 0 atom stereocenters. The van der Waals surface area contributed by atoms with E-state index in [1.807, 2.05) is 61.1 Å². The number of carbonyl (C=O) groups is 1. The lowest BCUT2D eigenvalue weighted by Gasteiger charge is -2.09. The van der Waals surface area contributed by atoms with Gasteiger partial charge < -0.3 is 5.32 Å². The maximum Gasteiger partial charge on any atom is 0.251 e. The van der Waals surface area contributed by atoms with Crippen molar-refractivity contribution in [1.29, 1.82) is 0 Å². The zero-order valence-corrected chi connectivity index (χ0v) is 14.0. The van der Waals surface area contributed by atoms with Crippen molar-refractivity contribution in [3.8, 4) is 0 Å². The van der Waals surface area contributed by atoms with Crippen molar-refractivity contribution < 1.29 is 4.79 Å². The third kappa shape index (κ3) is 3.90. The second-order valence-corrected chi connectivity index (χ2v) is 6.02. The number of aryl methyl sites for hydroxylation is 2. The highest BCUT2D eigenvalue weighted by atomic mass is 16.1. The molecule has 4 nitrogen and oxygen atoms in total. The smallest absolute Gasteiger partial charge is 0.251 e. The van der Waals surface area contributed by atoms with E-state index in [4.69, 9.17) is 0 Å². The third-order valence-corrected chi connectivity index (χ3v) is 4.01. The van der Waals surface area contributed by atoms with Gasteiger partial charge in [-0.2, -0.15) is 5.10 Å². The number of aromatic nitrogens is 2. The lowest BCUT2D eigenvalue weighted by Crippen LogP contribution is -2.23. The van der Waals surface area contributed by atoms with Gasteiger partial charge in [0, 0.05) is 24.5 Å². The van der Waals surface area contributed by atoms with Crippen molar-refractivity contribution in [3.63, 3.8) is 0 Å². The highest BCUT2D eigenvalue weighted by Crippen LogP contribution is 2.11. The Labute approximate surface area is 142 Å². The highest BCUT2D eigenvalue weighted by molar-refractivity contribution is 5.95. The Hall–Kier alpha value is -2.88. The van der Waals surface area contributed by atoms with Crippen molar-refractivity contribution >= 4 is 5.91 Å². The van der Waals surface area contributed by atoms with E-state index in [1.54, 1.807) is 6.20 Å². The summed E-state index contributed by atoms with van der Waals surface area (Å²) in [5, 5.41) is 7.19. The molecule has 1 amide bonds. The average Bonchev–Trinajstić information content (AvgIpc) is 3.07. The molecule has 3 rings (SSSR count). The number of amides is 1. The topological polar surface area (TPSA) is 46.9 Å². The van der Waals surface area contributed by atoms with Crippen LogP contribution < -0.4 is 5.32 Å². The van der Waals surface area contributed by atoms with Gasteiger partial charge in [-0.05, 0) is 42.7 Å². The van der Waals surface area contributed by atoms with Crippen LogP contribution in [0.3, 0.4) is 0 Å². The second kappa shape index (κ2) is 7.13. The molecule has 1 aromatic heterocycles. The van der Waals surface area contributed by atoms with Gasteiger partial charge in [-0.15, -0.1) is 0 Å². The Morgan fingerprint density at radius 1 is 1.08 bits per heavy atom. The molecule has 2 aromatic carbocycles. The summed E-state index contributed by atoms with van der Waals surface area (Å²) in [6.45, 7) is 5.27. The number of benzene rings is 2. The predicted molar refractivity (Wildman–Crippen MR) is 94.9 cm³/mol. The third-order valence-electron chi connectivity index (χ3n) is 4.01. The second-order valence-electron chi connectivity index (χ2n) is 6.02. The van der Waals surface area contributed by atoms with Gasteiger partial charge in [-0.3, -0.25) is 9.48 Å². The lowest BCUT2D eigenvalue weighted by molar-refractivity contribution is 0.0950. The van der Waals surface area contributed by atoms with E-state index in [1.165, 1.54) is 5.56 Å². The Kier molecular flexibility index (Phi) is 4.75. The van der Waals surface area contributed by atoms with Crippen LogP contribution in [-0.4, -0.2) is 15.7 Å². The minimum absolute atomic E-state index is 0.0342. The summed E-state index contributed by atoms with van der Waals surface area (Å²) in [6, 6.07) is 16.0. The minimum Gasteiger partial charge on any atom is -0.348 e. The van der Waals surface area contributed by atoms with Gasteiger partial charge in [-0.1, -0.05) is 42.0 Å². The predicted octanol–water partition coefficient (Wildman–Crippen LogP) is 3.48. The largest absolute Gasteiger partial charge is 0.348 e. The Balaban J connectivity index is 1.59. The van der Waals surface area contributed by atoms with E-state index in [9.17, 15) is 4.79 Å². The van der Waals surface area contributed by atoms with E-state index in [-0.39, 0.29) is 5.91 Å². The Bertz CT molecular complexity index is 821. The lowest BCUT2D eigenvalue weighted by atomic mass is 10.1. The van der Waals surface area contributed by atoms with Gasteiger partial charge in [-0.25, -0.2) is 0 Å². The number of nitrogens with zero attached hydrogens (tertiary/aromatic N) is 2. The van der Waals surface area contributed by atoms with Crippen LogP contribution in [-0.2, 0) is 13.1 Å². The molecule has 0 bridgehead atoms. The van der Waals surface area contributed by atoms with Crippen LogP contribution in [0.4, 0.5) is 0 Å². The van der Waals surface area contributed by atoms with Crippen molar-refractivity contribution in [2.45, 2.75) is 26.9 Å². The molecule has 0 aliphatic rings. The summed E-state index contributed by atoms with van der Waals surface area (Å²) >= 11 is 0. The van der Waals surface area contributed by atoms with Gasteiger partial charge in [0.15, 0.2) is 0 Å². The van der Waals surface area contributed by atoms with Crippen molar-refractivity contribution in [2.24, 2.45) is 0 Å². The zero-order chi connectivity index (χ0) is 16.9. The molecule has 1 N–H and O–H groups in total. The monoisotopic (exact) mass is 319 g/mol. The molecule has 24 heavy (non-hydrogen) atoms. The molecule has 1 heterocycles. The molecule has 0 saturated heterocycles. The van der Waals surface area contributed by atoms with Crippen LogP contribution in [0.15, 0.2) is 60.9 Å². The number of nitrogens with one attached hydrogen (secondary N) is 1. The highest BCUT2D eigenvalue weighted by Gasteiger charge is 2.08. The fourth-order valence-corrected chi connectivity index (χ4v) is 2.69. The average molecular weight is 319 g/mol. The fourth-order valence-electron chi connectivity index (χ4n) is 2.69. The van der Waals surface area contributed by atoms with Crippen molar-refractivity contribution in [1.82, 2.24) is 15.1 Å². The summed E-state index contributed by atoms with van der Waals surface area (Å²) in [4.78, 5) is 12.3. The van der Waals surface area contributed by atoms with Crippen LogP contribution in [0.25, 0.3) is 0 Å². The fraction of sp³-hybridized carbons (Fsp3) is 0.200. The van der Waals surface area contributed by atoms with Crippen LogP contribution in [0.5, 0.6) is 0 Å². The molecule has 3 aromatic rings. The number of carbonyl (C=O) groups excluding carboxylic acids is 1. The standard InChI is InChI=1S/C20H21N3O/c1-15-4-9-19(16(2)12-15)20(24)21-13-17-5-7-18(8-6-17)14-23-11-3-10-22-23/h3-12H,13-14H2,1-2H3,(H,21,24). The van der Waals surface area contributed by atoms with E-state index in [0.29, 0.717) is 6.54 Å². The summed E-state index contributed by atoms with van der Waals surface area (Å²) in [5.74, 6) is -0.0342. The zero-order valence-electron chi connectivity index (χ0n) is 14.0. The van der Waals surface area contributed by atoms with E-state index < -0.39 is 0 Å². The van der Waals surface area contributed by atoms with Crippen LogP contribution in [0.2, 0.25) is 0 Å². The molecular weight excluding hydrogens is 298 g/mol. The van der Waals surface area contributed by atoms with Gasteiger partial charge in [0.2, 0.25) is 0 Å². The van der Waals surface area contributed by atoms with Crippen molar-refractivity contribution in [3.05, 3.63) is 88.7 Å². The number of hydrogen-bond acceptors (Lipinski definition) is 2. The normalized spacial score (nSPS) is 10.6. The van der Waals surface area contributed by atoms with Crippen molar-refractivity contribution in [2.75, 3.05) is 0 Å². The van der Waals surface area contributed by atoms with E-state index in [2.05, 4.69) is 22.5 Å². The molecule has 4 heteroatoms. The van der Waals surface area contributed by atoms with Gasteiger partial charge in [0.05, 0.1) is 6.54 Å². The molecule has 0 saturated carbocycles. The maximum atomic E-state index is 12.3. The minimum atomic E-state index is -0.0342. The molecule has 0 radical (unpaired) electrons. The first-order valence-corrected chi connectivity index (χ1v) is 8.02. The summed E-state index contributed by atoms with van der Waals surface area (Å²) in [6.07, 6.45) is 3.72. The first-order valence-electron chi connectivity index (χ1n) is 8.02. The van der Waals surface area contributed by atoms with E-state index in [0.717, 1.165) is 28.8 Å². The number of rotatable bonds is 5. The first kappa shape index (κ1) is 16.0. The molecule has 0 fully saturated rings. The molecule has 0 unspecified atom stereocenters. The SMILES string of the molecule is Cc1ccc(C(=O)NCc2ccc(Cn3cccn3)cc2)c(C)c1. The summed E-state index contributed by atoms with van der Waals surface area (Å²) < 4.78 is 1.89. The van der Waals surface area contributed by atoms with Crippen LogP contribution in [0, 0.1) is 13.8 Å². The van der Waals surface area contributed by atoms with Gasteiger partial charge >= 0.3 is 0 Å². The molecule has 0 spiro atoms. The van der Waals surface area contributed by atoms with Crippen LogP contribution >= 0.6 is 0 Å². The molecular formula is C20H21N3O. The maximum absolute atomic E-state index is 12.3. The Morgan fingerprint density at radius 2 is 1.83 bits per heavy atom. The quantitative estimate of drug-likeness (QED) is 0.782. The molecule has 0 aliphatic heterocycles. The molecule has 0 aliphatic carbocycles. The molecule has 122 valence electrons. The Morgan fingerprint density at radius 3 is 2.50 bits per heavy atom.